The molecule has 8 nitrogen and oxygen atoms in total. The number of imidazole rings is 1. The topological polar surface area (TPSA) is 114 Å². The highest BCUT2D eigenvalue weighted by Gasteiger charge is 2.14. The molecule has 0 saturated heterocycles. The third-order valence-corrected chi connectivity index (χ3v) is 5.86. The molecule has 2 heterocycles. The molecular formula is C26H33N7O. The normalized spacial score (nSPS) is 11.2. The van der Waals surface area contributed by atoms with E-state index < -0.39 is 0 Å². The van der Waals surface area contributed by atoms with Crippen LogP contribution in [0.5, 0.6) is 0 Å². The van der Waals surface area contributed by atoms with Crippen molar-refractivity contribution in [1.29, 1.82) is 0 Å². The fourth-order valence-electron chi connectivity index (χ4n) is 3.85. The highest BCUT2D eigenvalue weighted by Crippen LogP contribution is 2.18. The Labute approximate surface area is 199 Å². The van der Waals surface area contributed by atoms with Gasteiger partial charge in [0.1, 0.15) is 5.52 Å². The highest BCUT2D eigenvalue weighted by molar-refractivity contribution is 5.82. The first-order chi connectivity index (χ1) is 16.5. The zero-order valence-electron chi connectivity index (χ0n) is 19.9. The van der Waals surface area contributed by atoms with Crippen molar-refractivity contribution < 1.29 is 0 Å². The van der Waals surface area contributed by atoms with Gasteiger partial charge < -0.3 is 21.4 Å². The molecule has 0 atom stereocenters. The first kappa shape index (κ1) is 23.5. The molecule has 8 heteroatoms. The summed E-state index contributed by atoms with van der Waals surface area (Å²) in [5, 5.41) is 6.69. The molecule has 0 unspecified atom stereocenters. The van der Waals surface area contributed by atoms with Crippen LogP contribution in [0.2, 0.25) is 0 Å². The summed E-state index contributed by atoms with van der Waals surface area (Å²) in [6.45, 7) is 7.03. The molecule has 178 valence electrons. The first-order valence-electron chi connectivity index (χ1n) is 11.9. The zero-order valence-corrected chi connectivity index (χ0v) is 19.9. The summed E-state index contributed by atoms with van der Waals surface area (Å²) in [5.74, 6) is 0.720. The number of hydrogen-bond donors (Lipinski definition) is 4. The number of nitrogens with two attached hydrogens (primary N) is 1. The Morgan fingerprint density at radius 3 is 2.26 bits per heavy atom. The summed E-state index contributed by atoms with van der Waals surface area (Å²) in [7, 11) is 0. The Morgan fingerprint density at radius 2 is 1.59 bits per heavy atom. The number of fused-ring (bicyclic) bond motifs is 1. The van der Waals surface area contributed by atoms with Crippen LogP contribution in [-0.2, 0) is 19.6 Å². The van der Waals surface area contributed by atoms with Gasteiger partial charge in [-0.1, -0.05) is 73.9 Å². The molecule has 4 rings (SSSR count). The number of aromatic amines is 1. The van der Waals surface area contributed by atoms with E-state index in [1.807, 2.05) is 12.1 Å². The molecule has 0 spiro atoms. The van der Waals surface area contributed by atoms with Gasteiger partial charge in [-0.3, -0.25) is 4.57 Å². The van der Waals surface area contributed by atoms with E-state index in [0.29, 0.717) is 23.7 Å². The molecule has 0 amide bonds. The van der Waals surface area contributed by atoms with E-state index in [0.717, 1.165) is 44.5 Å². The Kier molecular flexibility index (Phi) is 7.59. The van der Waals surface area contributed by atoms with E-state index in [4.69, 9.17) is 5.73 Å². The average molecular weight is 460 g/mol. The van der Waals surface area contributed by atoms with E-state index in [1.165, 1.54) is 16.7 Å². The molecular weight excluding hydrogens is 426 g/mol. The van der Waals surface area contributed by atoms with Crippen molar-refractivity contribution in [3.05, 3.63) is 81.3 Å². The number of nitrogens with one attached hydrogen (secondary N) is 3. The molecule has 5 N–H and O–H groups in total. The lowest BCUT2D eigenvalue weighted by Crippen LogP contribution is -2.18. The Balaban J connectivity index is 1.42. The molecule has 0 aliphatic rings. The van der Waals surface area contributed by atoms with E-state index in [2.05, 4.69) is 75.8 Å². The largest absolute Gasteiger partial charge is 0.382 e. The number of unbranched alkanes of at least 4 members (excludes halogenated alkanes) is 2. The van der Waals surface area contributed by atoms with Gasteiger partial charge in [-0.25, -0.2) is 4.79 Å². The molecule has 0 fully saturated rings. The maximum Gasteiger partial charge on any atom is 0.328 e. The van der Waals surface area contributed by atoms with Crippen molar-refractivity contribution in [2.24, 2.45) is 0 Å². The van der Waals surface area contributed by atoms with Gasteiger partial charge in [0.25, 0.3) is 0 Å². The van der Waals surface area contributed by atoms with Crippen LogP contribution in [0.15, 0.2) is 53.3 Å². The number of rotatable bonds is 11. The van der Waals surface area contributed by atoms with Crippen molar-refractivity contribution in [3.8, 4) is 0 Å². The van der Waals surface area contributed by atoms with Gasteiger partial charge in [0.15, 0.2) is 11.5 Å². The fraction of sp³-hybridized carbons (Fsp3) is 0.346. The Morgan fingerprint density at radius 1 is 0.941 bits per heavy atom. The number of anilines is 2. The minimum Gasteiger partial charge on any atom is -0.382 e. The number of H-pyrrole nitrogens is 1. The quantitative estimate of drug-likeness (QED) is 0.253. The van der Waals surface area contributed by atoms with Crippen LogP contribution >= 0.6 is 0 Å². The molecule has 0 radical (unpaired) electrons. The van der Waals surface area contributed by atoms with E-state index in [-0.39, 0.29) is 11.5 Å². The van der Waals surface area contributed by atoms with Crippen molar-refractivity contribution in [2.45, 2.75) is 52.7 Å². The number of nitrogen functional groups attached to an aromatic ring is 1. The summed E-state index contributed by atoms with van der Waals surface area (Å²) < 4.78 is 1.61. The monoisotopic (exact) mass is 459 g/mol. The van der Waals surface area contributed by atoms with Crippen LogP contribution in [0.1, 0.15) is 48.4 Å². The van der Waals surface area contributed by atoms with Crippen molar-refractivity contribution in [3.63, 3.8) is 0 Å². The maximum atomic E-state index is 12.6. The van der Waals surface area contributed by atoms with Crippen LogP contribution in [0.4, 0.5) is 11.8 Å². The van der Waals surface area contributed by atoms with E-state index >= 15 is 0 Å². The van der Waals surface area contributed by atoms with Crippen molar-refractivity contribution in [1.82, 2.24) is 24.8 Å². The van der Waals surface area contributed by atoms with Crippen LogP contribution < -0.4 is 22.1 Å². The van der Waals surface area contributed by atoms with Gasteiger partial charge in [0, 0.05) is 19.6 Å². The third kappa shape index (κ3) is 5.82. The molecule has 0 aliphatic heterocycles. The average Bonchev–Trinajstić information content (AvgIpc) is 3.15. The second-order valence-corrected chi connectivity index (χ2v) is 8.69. The Hall–Kier alpha value is -3.65. The summed E-state index contributed by atoms with van der Waals surface area (Å²) in [6.07, 6.45) is 3.31. The van der Waals surface area contributed by atoms with Crippen LogP contribution in [0.25, 0.3) is 11.2 Å². The molecule has 0 aliphatic carbocycles. The fourth-order valence-corrected chi connectivity index (χ4v) is 3.85. The second-order valence-electron chi connectivity index (χ2n) is 8.69. The standard InChI is InChI=1S/C26H33N7O/c1-3-4-5-14-29-25-31-23(27)22-24(32-25)33(26(34)30-22)17-21-12-10-20(11-13-21)16-28-15-19-8-6-18(2)7-9-19/h6-13,28H,3-5,14-17H2,1-2H3,(H,30,34)(H3,27,29,31,32). The van der Waals surface area contributed by atoms with Gasteiger partial charge in [-0.15, -0.1) is 0 Å². The van der Waals surface area contributed by atoms with Gasteiger partial charge in [0.2, 0.25) is 5.95 Å². The SMILES string of the molecule is CCCCCNc1nc(N)c2[nH]c(=O)n(Cc3ccc(CNCc4ccc(C)cc4)cc3)c2n1. The van der Waals surface area contributed by atoms with E-state index in [1.54, 1.807) is 4.57 Å². The zero-order chi connectivity index (χ0) is 23.9. The van der Waals surface area contributed by atoms with Crippen LogP contribution in [-0.4, -0.2) is 26.1 Å². The predicted molar refractivity (Wildman–Crippen MR) is 138 cm³/mol. The highest BCUT2D eigenvalue weighted by atomic mass is 16.1. The molecule has 0 bridgehead atoms. The molecule has 2 aromatic heterocycles. The summed E-state index contributed by atoms with van der Waals surface area (Å²) in [4.78, 5) is 24.3. The lowest BCUT2D eigenvalue weighted by molar-refractivity contribution is 0.692. The molecule has 2 aromatic carbocycles. The van der Waals surface area contributed by atoms with Gasteiger partial charge >= 0.3 is 5.69 Å². The van der Waals surface area contributed by atoms with Crippen LogP contribution in [0, 0.1) is 6.92 Å². The number of benzene rings is 2. The van der Waals surface area contributed by atoms with Gasteiger partial charge in [-0.2, -0.15) is 9.97 Å². The molecule has 4 aromatic rings. The van der Waals surface area contributed by atoms with Crippen molar-refractivity contribution in [2.75, 3.05) is 17.6 Å². The summed E-state index contributed by atoms with van der Waals surface area (Å²) in [5.41, 5.74) is 11.6. The van der Waals surface area contributed by atoms with Gasteiger partial charge in [-0.05, 0) is 30.0 Å². The van der Waals surface area contributed by atoms with E-state index in [9.17, 15) is 4.79 Å². The molecule has 0 saturated carbocycles. The first-order valence-corrected chi connectivity index (χ1v) is 11.9. The summed E-state index contributed by atoms with van der Waals surface area (Å²) in [6, 6.07) is 16.8. The predicted octanol–water partition coefficient (Wildman–Crippen LogP) is 3.95. The number of nitrogens with zero attached hydrogens (tertiary/aromatic N) is 3. The summed E-state index contributed by atoms with van der Waals surface area (Å²) >= 11 is 0. The van der Waals surface area contributed by atoms with Crippen molar-refractivity contribution >= 4 is 22.9 Å². The minimum absolute atomic E-state index is 0.247. The molecule has 34 heavy (non-hydrogen) atoms. The number of aromatic nitrogens is 4. The number of hydrogen-bond acceptors (Lipinski definition) is 6. The lowest BCUT2D eigenvalue weighted by Gasteiger charge is -2.09. The lowest BCUT2D eigenvalue weighted by atomic mass is 10.1. The second kappa shape index (κ2) is 11.0. The minimum atomic E-state index is -0.247. The van der Waals surface area contributed by atoms with Crippen LogP contribution in [0.3, 0.4) is 0 Å². The maximum absolute atomic E-state index is 12.6. The third-order valence-electron chi connectivity index (χ3n) is 5.86. The van der Waals surface area contributed by atoms with Gasteiger partial charge in [0.05, 0.1) is 6.54 Å². The Bertz CT molecular complexity index is 1270. The smallest absolute Gasteiger partial charge is 0.328 e. The number of aryl methyl sites for hydroxylation is 1.